The van der Waals surface area contributed by atoms with Crippen LogP contribution in [0.3, 0.4) is 0 Å². The number of amides is 1. The third kappa shape index (κ3) is 4.09. The average molecular weight is 419 g/mol. The van der Waals surface area contributed by atoms with Gasteiger partial charge in [-0.1, -0.05) is 72.8 Å². The molecule has 0 unspecified atom stereocenters. The second-order valence-corrected chi connectivity index (χ2v) is 7.72. The summed E-state index contributed by atoms with van der Waals surface area (Å²) in [7, 11) is 0. The molecule has 0 aliphatic heterocycles. The van der Waals surface area contributed by atoms with E-state index < -0.39 is 0 Å². The summed E-state index contributed by atoms with van der Waals surface area (Å²) in [6.07, 6.45) is 2.50. The van der Waals surface area contributed by atoms with Gasteiger partial charge >= 0.3 is 0 Å². The average Bonchev–Trinajstić information content (AvgIpc) is 3.20. The largest absolute Gasteiger partial charge is 0.394 e. The summed E-state index contributed by atoms with van der Waals surface area (Å²) >= 11 is 0. The molecule has 0 spiro atoms. The number of aromatic nitrogens is 2. The zero-order valence-corrected chi connectivity index (χ0v) is 17.4. The molecule has 0 aliphatic carbocycles. The van der Waals surface area contributed by atoms with Crippen LogP contribution in [-0.4, -0.2) is 15.7 Å². The predicted molar refractivity (Wildman–Crippen MR) is 129 cm³/mol. The molecule has 0 fully saturated rings. The van der Waals surface area contributed by atoms with E-state index in [4.69, 9.17) is 5.73 Å². The van der Waals surface area contributed by atoms with Gasteiger partial charge in [0.1, 0.15) is 0 Å². The zero-order chi connectivity index (χ0) is 21.9. The van der Waals surface area contributed by atoms with Gasteiger partial charge in [-0.15, -0.1) is 5.10 Å². The first kappa shape index (κ1) is 19.6. The molecular weight excluding hydrogens is 396 g/mol. The maximum Gasteiger partial charge on any atom is 0.256 e. The van der Waals surface area contributed by atoms with Gasteiger partial charge in [0.05, 0.1) is 17.6 Å². The SMILES string of the molecule is Nc1cn(-c2ccccc2)nc1NC(=O)c1ccc(Cc2ccc3ccccc3c2)cc1. The summed E-state index contributed by atoms with van der Waals surface area (Å²) in [6.45, 7) is 0. The fourth-order valence-corrected chi connectivity index (χ4v) is 3.74. The van der Waals surface area contributed by atoms with Crippen LogP contribution in [0.1, 0.15) is 21.5 Å². The summed E-state index contributed by atoms with van der Waals surface area (Å²) in [4.78, 5) is 12.7. The van der Waals surface area contributed by atoms with Gasteiger partial charge in [-0.3, -0.25) is 4.79 Å². The monoisotopic (exact) mass is 418 g/mol. The third-order valence-electron chi connectivity index (χ3n) is 5.43. The first-order chi connectivity index (χ1) is 15.7. The Kier molecular flexibility index (Phi) is 5.14. The lowest BCUT2D eigenvalue weighted by molar-refractivity contribution is 0.102. The molecule has 32 heavy (non-hydrogen) atoms. The first-order valence-electron chi connectivity index (χ1n) is 10.4. The van der Waals surface area contributed by atoms with Crippen LogP contribution in [-0.2, 0) is 6.42 Å². The Morgan fingerprint density at radius 1 is 0.812 bits per heavy atom. The van der Waals surface area contributed by atoms with Crippen molar-refractivity contribution in [3.05, 3.63) is 120 Å². The Labute approximate surface area is 186 Å². The molecule has 5 aromatic rings. The molecule has 1 heterocycles. The van der Waals surface area contributed by atoms with Crippen molar-refractivity contribution in [2.45, 2.75) is 6.42 Å². The number of fused-ring (bicyclic) bond motifs is 1. The quantitative estimate of drug-likeness (QED) is 0.399. The fraction of sp³-hybridized carbons (Fsp3) is 0.0370. The van der Waals surface area contributed by atoms with Gasteiger partial charge in [0.25, 0.3) is 5.91 Å². The topological polar surface area (TPSA) is 72.9 Å². The third-order valence-corrected chi connectivity index (χ3v) is 5.43. The van der Waals surface area contributed by atoms with Gasteiger partial charge in [0.2, 0.25) is 0 Å². The number of nitrogens with one attached hydrogen (secondary N) is 1. The lowest BCUT2D eigenvalue weighted by Crippen LogP contribution is -2.13. The number of nitrogens with two attached hydrogens (primary N) is 1. The standard InChI is InChI=1S/C27H22N4O/c28-25-18-31(24-8-2-1-3-9-24)30-26(25)29-27(32)22-14-10-19(11-15-22)16-20-12-13-21-6-4-5-7-23(21)17-20/h1-15,17-18H,16,28H2,(H,29,30,32). The Bertz CT molecular complexity index is 1390. The second kappa shape index (κ2) is 8.40. The fourth-order valence-electron chi connectivity index (χ4n) is 3.74. The number of para-hydroxylation sites is 1. The number of hydrogen-bond acceptors (Lipinski definition) is 3. The van der Waals surface area contributed by atoms with E-state index in [0.29, 0.717) is 17.1 Å². The molecule has 3 N–H and O–H groups in total. The minimum absolute atomic E-state index is 0.243. The minimum atomic E-state index is -0.243. The minimum Gasteiger partial charge on any atom is -0.394 e. The van der Waals surface area contributed by atoms with Crippen molar-refractivity contribution in [1.82, 2.24) is 9.78 Å². The number of nitrogen functional groups attached to an aromatic ring is 1. The summed E-state index contributed by atoms with van der Waals surface area (Å²) in [5.41, 5.74) is 10.3. The van der Waals surface area contributed by atoms with Crippen LogP contribution < -0.4 is 11.1 Å². The molecular formula is C27H22N4O. The van der Waals surface area contributed by atoms with Crippen LogP contribution in [0.2, 0.25) is 0 Å². The van der Waals surface area contributed by atoms with Crippen molar-refractivity contribution in [2.24, 2.45) is 0 Å². The van der Waals surface area contributed by atoms with Crippen molar-refractivity contribution >= 4 is 28.2 Å². The van der Waals surface area contributed by atoms with E-state index in [1.54, 1.807) is 10.9 Å². The number of rotatable bonds is 5. The van der Waals surface area contributed by atoms with Crippen LogP contribution in [0.4, 0.5) is 11.5 Å². The van der Waals surface area contributed by atoms with Gasteiger partial charge < -0.3 is 11.1 Å². The van der Waals surface area contributed by atoms with E-state index in [1.807, 2.05) is 60.7 Å². The molecule has 1 aromatic heterocycles. The molecule has 0 radical (unpaired) electrons. The molecule has 0 saturated carbocycles. The molecule has 4 aromatic carbocycles. The molecule has 0 bridgehead atoms. The number of carbonyl (C=O) groups is 1. The van der Waals surface area contributed by atoms with E-state index in [-0.39, 0.29) is 5.91 Å². The van der Waals surface area contributed by atoms with Gasteiger partial charge in [0.15, 0.2) is 5.82 Å². The highest BCUT2D eigenvalue weighted by Crippen LogP contribution is 2.21. The molecule has 5 nitrogen and oxygen atoms in total. The van der Waals surface area contributed by atoms with Crippen LogP contribution in [0.25, 0.3) is 16.5 Å². The lowest BCUT2D eigenvalue weighted by atomic mass is 10.0. The van der Waals surface area contributed by atoms with E-state index >= 15 is 0 Å². The smallest absolute Gasteiger partial charge is 0.256 e. The Hall–Kier alpha value is -4.38. The molecule has 0 atom stereocenters. The van der Waals surface area contributed by atoms with E-state index in [2.05, 4.69) is 46.8 Å². The van der Waals surface area contributed by atoms with E-state index in [9.17, 15) is 4.79 Å². The van der Waals surface area contributed by atoms with E-state index in [1.165, 1.54) is 16.3 Å². The normalized spacial score (nSPS) is 10.9. The van der Waals surface area contributed by atoms with E-state index in [0.717, 1.165) is 17.7 Å². The summed E-state index contributed by atoms with van der Waals surface area (Å²) in [6, 6.07) is 32.1. The zero-order valence-electron chi connectivity index (χ0n) is 17.4. The molecule has 0 aliphatic rings. The van der Waals surface area contributed by atoms with Crippen LogP contribution in [0, 0.1) is 0 Å². The van der Waals surface area contributed by atoms with Gasteiger partial charge in [0, 0.05) is 5.56 Å². The summed E-state index contributed by atoms with van der Waals surface area (Å²) < 4.78 is 1.65. The molecule has 0 saturated heterocycles. The second-order valence-electron chi connectivity index (χ2n) is 7.72. The summed E-state index contributed by atoms with van der Waals surface area (Å²) in [5, 5.41) is 9.68. The number of anilines is 2. The molecule has 5 heteroatoms. The number of nitrogens with zero attached hydrogens (tertiary/aromatic N) is 2. The number of carbonyl (C=O) groups excluding carboxylic acids is 1. The number of benzene rings is 4. The Balaban J connectivity index is 1.28. The highest BCUT2D eigenvalue weighted by atomic mass is 16.1. The summed E-state index contributed by atoms with van der Waals surface area (Å²) in [5.74, 6) is 0.103. The van der Waals surface area contributed by atoms with Crippen molar-refractivity contribution < 1.29 is 4.79 Å². The Morgan fingerprint density at radius 3 is 2.28 bits per heavy atom. The maximum atomic E-state index is 12.7. The lowest BCUT2D eigenvalue weighted by Gasteiger charge is -2.07. The van der Waals surface area contributed by atoms with Gasteiger partial charge in [-0.05, 0) is 52.6 Å². The van der Waals surface area contributed by atoms with Crippen molar-refractivity contribution in [2.75, 3.05) is 11.1 Å². The van der Waals surface area contributed by atoms with Crippen LogP contribution in [0.5, 0.6) is 0 Å². The van der Waals surface area contributed by atoms with Gasteiger partial charge in [-0.2, -0.15) is 0 Å². The van der Waals surface area contributed by atoms with Crippen LogP contribution in [0.15, 0.2) is 103 Å². The molecule has 1 amide bonds. The van der Waals surface area contributed by atoms with Crippen LogP contribution >= 0.6 is 0 Å². The molecule has 5 rings (SSSR count). The van der Waals surface area contributed by atoms with Crippen molar-refractivity contribution in [3.8, 4) is 5.69 Å². The number of hydrogen-bond donors (Lipinski definition) is 2. The van der Waals surface area contributed by atoms with Gasteiger partial charge in [-0.25, -0.2) is 4.68 Å². The molecule has 156 valence electrons. The highest BCUT2D eigenvalue weighted by Gasteiger charge is 2.12. The predicted octanol–water partition coefficient (Wildman–Crippen LogP) is 5.45. The Morgan fingerprint density at radius 2 is 1.50 bits per heavy atom. The highest BCUT2D eigenvalue weighted by molar-refractivity contribution is 6.05. The first-order valence-corrected chi connectivity index (χ1v) is 10.4. The van der Waals surface area contributed by atoms with Crippen molar-refractivity contribution in [3.63, 3.8) is 0 Å². The maximum absolute atomic E-state index is 12.7. The van der Waals surface area contributed by atoms with Crippen molar-refractivity contribution in [1.29, 1.82) is 0 Å².